The van der Waals surface area contributed by atoms with E-state index in [1.165, 1.54) is 0 Å². The van der Waals surface area contributed by atoms with Crippen molar-refractivity contribution in [3.05, 3.63) is 5.82 Å². The Morgan fingerprint density at radius 1 is 1.39 bits per heavy atom. The van der Waals surface area contributed by atoms with E-state index in [-0.39, 0.29) is 5.60 Å². The van der Waals surface area contributed by atoms with Crippen LogP contribution in [0.15, 0.2) is 5.16 Å². The molecule has 1 aromatic rings. The minimum absolute atomic E-state index is 0.0840. The van der Waals surface area contributed by atoms with Crippen molar-refractivity contribution in [1.82, 2.24) is 14.8 Å². The molecule has 5 nitrogen and oxygen atoms in total. The quantitative estimate of drug-likeness (QED) is 0.734. The van der Waals surface area contributed by atoms with E-state index >= 15 is 0 Å². The Kier molecular flexibility index (Phi) is 6.11. The zero-order valence-corrected chi connectivity index (χ0v) is 12.6. The normalized spacial score (nSPS) is 12.1. The summed E-state index contributed by atoms with van der Waals surface area (Å²) in [5, 5.41) is 9.29. The largest absolute Gasteiger partial charge is 0.379 e. The Labute approximate surface area is 113 Å². The number of ether oxygens (including phenoxy) is 1. The molecule has 0 bridgehead atoms. The van der Waals surface area contributed by atoms with Gasteiger partial charge in [-0.05, 0) is 26.7 Å². The van der Waals surface area contributed by atoms with Gasteiger partial charge in [0.2, 0.25) is 0 Å². The van der Waals surface area contributed by atoms with Crippen molar-refractivity contribution in [2.45, 2.75) is 57.5 Å². The summed E-state index contributed by atoms with van der Waals surface area (Å²) in [4.78, 5) is 0. The number of aromatic nitrogens is 3. The van der Waals surface area contributed by atoms with Gasteiger partial charge in [-0.1, -0.05) is 18.7 Å². The van der Waals surface area contributed by atoms with Gasteiger partial charge in [0.25, 0.3) is 0 Å². The Morgan fingerprint density at radius 2 is 2.11 bits per heavy atom. The second-order valence-corrected chi connectivity index (χ2v) is 5.88. The molecule has 0 amide bonds. The number of hydrogen-bond donors (Lipinski definition) is 1. The summed E-state index contributed by atoms with van der Waals surface area (Å²) in [6.45, 7) is 7.70. The summed E-state index contributed by atoms with van der Waals surface area (Å²) in [7, 11) is 1.75. The molecule has 0 spiro atoms. The molecule has 0 fully saturated rings. The van der Waals surface area contributed by atoms with Crippen molar-refractivity contribution in [3.63, 3.8) is 0 Å². The first kappa shape index (κ1) is 15.5. The highest BCUT2D eigenvalue weighted by Crippen LogP contribution is 2.22. The van der Waals surface area contributed by atoms with Crippen molar-refractivity contribution in [3.8, 4) is 0 Å². The maximum absolute atomic E-state index is 5.66. The number of rotatable bonds is 8. The van der Waals surface area contributed by atoms with Gasteiger partial charge in [0.1, 0.15) is 5.82 Å². The smallest absolute Gasteiger partial charge is 0.191 e. The molecule has 0 unspecified atom stereocenters. The Morgan fingerprint density at radius 3 is 2.67 bits per heavy atom. The summed E-state index contributed by atoms with van der Waals surface area (Å²) in [6, 6.07) is 0. The van der Waals surface area contributed by atoms with Gasteiger partial charge in [0.05, 0.1) is 12.1 Å². The summed E-state index contributed by atoms with van der Waals surface area (Å²) in [6.07, 6.45) is 2.03. The lowest BCUT2D eigenvalue weighted by Gasteiger charge is -2.22. The van der Waals surface area contributed by atoms with Gasteiger partial charge in [-0.3, -0.25) is 0 Å². The fourth-order valence-corrected chi connectivity index (χ4v) is 2.74. The molecule has 0 atom stereocenters. The first-order chi connectivity index (χ1) is 8.54. The van der Waals surface area contributed by atoms with Gasteiger partial charge in [-0.25, -0.2) is 0 Å². The average molecular weight is 272 g/mol. The molecule has 0 saturated heterocycles. The van der Waals surface area contributed by atoms with Crippen LogP contribution >= 0.6 is 11.8 Å². The molecular formula is C12H24N4OS. The monoisotopic (exact) mass is 272 g/mol. The molecule has 0 aliphatic rings. The van der Waals surface area contributed by atoms with Crippen LogP contribution in [0.5, 0.6) is 0 Å². The lowest BCUT2D eigenvalue weighted by molar-refractivity contribution is 0.0206. The maximum atomic E-state index is 5.66. The van der Waals surface area contributed by atoms with Crippen LogP contribution in [0.4, 0.5) is 0 Å². The molecule has 18 heavy (non-hydrogen) atoms. The third-order valence-corrected chi connectivity index (χ3v) is 3.88. The molecule has 6 heteroatoms. The SMILES string of the molecule is CCCn1c(CN)nnc1SCCC(C)(C)OC. The lowest BCUT2D eigenvalue weighted by Crippen LogP contribution is -2.23. The third kappa shape index (κ3) is 4.26. The van der Waals surface area contributed by atoms with E-state index in [0.717, 1.165) is 36.1 Å². The standard InChI is InChI=1S/C12H24N4OS/c1-5-7-16-10(9-13)14-15-11(16)18-8-6-12(2,3)17-4/h5-9,13H2,1-4H3. The van der Waals surface area contributed by atoms with Crippen molar-refractivity contribution >= 4 is 11.8 Å². The van der Waals surface area contributed by atoms with Gasteiger partial charge < -0.3 is 15.0 Å². The predicted octanol–water partition coefficient (Wildman–Crippen LogP) is 2.05. The first-order valence-electron chi connectivity index (χ1n) is 6.34. The molecule has 1 heterocycles. The van der Waals surface area contributed by atoms with Crippen LogP contribution < -0.4 is 5.73 Å². The van der Waals surface area contributed by atoms with Crippen molar-refractivity contribution < 1.29 is 4.74 Å². The van der Waals surface area contributed by atoms with E-state index in [2.05, 4.69) is 35.5 Å². The Hall–Kier alpha value is -0.590. The molecule has 104 valence electrons. The minimum Gasteiger partial charge on any atom is -0.379 e. The molecule has 1 rings (SSSR count). The topological polar surface area (TPSA) is 66.0 Å². The van der Waals surface area contributed by atoms with Crippen LogP contribution in [0, 0.1) is 0 Å². The van der Waals surface area contributed by atoms with Crippen LogP contribution in [0.25, 0.3) is 0 Å². The Bertz CT molecular complexity index is 365. The highest BCUT2D eigenvalue weighted by molar-refractivity contribution is 7.99. The van der Waals surface area contributed by atoms with E-state index in [1.807, 2.05) is 0 Å². The molecule has 1 aromatic heterocycles. The lowest BCUT2D eigenvalue weighted by atomic mass is 10.1. The van der Waals surface area contributed by atoms with Crippen LogP contribution in [-0.2, 0) is 17.8 Å². The molecule has 2 N–H and O–H groups in total. The number of thioether (sulfide) groups is 1. The van der Waals surface area contributed by atoms with Crippen molar-refractivity contribution in [1.29, 1.82) is 0 Å². The van der Waals surface area contributed by atoms with E-state index in [1.54, 1.807) is 18.9 Å². The van der Waals surface area contributed by atoms with Crippen LogP contribution in [-0.4, -0.2) is 33.2 Å². The van der Waals surface area contributed by atoms with E-state index < -0.39 is 0 Å². The summed E-state index contributed by atoms with van der Waals surface area (Å²) < 4.78 is 7.52. The van der Waals surface area contributed by atoms with Gasteiger partial charge in [-0.15, -0.1) is 10.2 Å². The molecule has 0 aliphatic heterocycles. The highest BCUT2D eigenvalue weighted by Gasteiger charge is 2.17. The van der Waals surface area contributed by atoms with E-state index in [9.17, 15) is 0 Å². The van der Waals surface area contributed by atoms with Crippen LogP contribution in [0.3, 0.4) is 0 Å². The molecule has 0 aliphatic carbocycles. The minimum atomic E-state index is -0.0840. The van der Waals surface area contributed by atoms with E-state index in [0.29, 0.717) is 6.54 Å². The van der Waals surface area contributed by atoms with Gasteiger partial charge in [-0.2, -0.15) is 0 Å². The van der Waals surface area contributed by atoms with Crippen molar-refractivity contribution in [2.75, 3.05) is 12.9 Å². The fourth-order valence-electron chi connectivity index (χ4n) is 1.52. The zero-order chi connectivity index (χ0) is 13.6. The number of nitrogens with zero attached hydrogens (tertiary/aromatic N) is 3. The third-order valence-electron chi connectivity index (χ3n) is 2.91. The van der Waals surface area contributed by atoms with Gasteiger partial charge in [0.15, 0.2) is 5.16 Å². The van der Waals surface area contributed by atoms with Gasteiger partial charge >= 0.3 is 0 Å². The van der Waals surface area contributed by atoms with Crippen molar-refractivity contribution in [2.24, 2.45) is 5.73 Å². The maximum Gasteiger partial charge on any atom is 0.191 e. The molecule has 0 aromatic carbocycles. The van der Waals surface area contributed by atoms with E-state index in [4.69, 9.17) is 10.5 Å². The van der Waals surface area contributed by atoms with Crippen LogP contribution in [0.2, 0.25) is 0 Å². The molecule has 0 radical (unpaired) electrons. The number of methoxy groups -OCH3 is 1. The second-order valence-electron chi connectivity index (χ2n) is 4.82. The van der Waals surface area contributed by atoms with Crippen LogP contribution in [0.1, 0.15) is 39.4 Å². The van der Waals surface area contributed by atoms with Gasteiger partial charge in [0, 0.05) is 19.4 Å². The highest BCUT2D eigenvalue weighted by atomic mass is 32.2. The fraction of sp³-hybridized carbons (Fsp3) is 0.833. The first-order valence-corrected chi connectivity index (χ1v) is 7.32. The average Bonchev–Trinajstić information content (AvgIpc) is 2.72. The summed E-state index contributed by atoms with van der Waals surface area (Å²) >= 11 is 1.72. The number of hydrogen-bond acceptors (Lipinski definition) is 5. The zero-order valence-electron chi connectivity index (χ0n) is 11.8. The number of nitrogens with two attached hydrogens (primary N) is 1. The molecular weight excluding hydrogens is 248 g/mol. The summed E-state index contributed by atoms with van der Waals surface area (Å²) in [5.41, 5.74) is 5.58. The predicted molar refractivity (Wildman–Crippen MR) is 74.6 cm³/mol. The Balaban J connectivity index is 2.59. The second kappa shape index (κ2) is 7.11. The molecule has 0 saturated carbocycles. The summed E-state index contributed by atoms with van der Waals surface area (Å²) in [5.74, 6) is 1.83.